The monoisotopic (exact) mass is 388 g/mol. The zero-order chi connectivity index (χ0) is 19.2. The summed E-state index contributed by atoms with van der Waals surface area (Å²) in [7, 11) is 0. The van der Waals surface area contributed by atoms with Crippen molar-refractivity contribution in [1.82, 2.24) is 0 Å². The van der Waals surface area contributed by atoms with Gasteiger partial charge in [-0.3, -0.25) is 0 Å². The van der Waals surface area contributed by atoms with Crippen LogP contribution in [0.25, 0.3) is 0 Å². The predicted molar refractivity (Wildman–Crippen MR) is 126 cm³/mol. The van der Waals surface area contributed by atoms with Crippen LogP contribution in [-0.4, -0.2) is 26.7 Å². The number of ether oxygens (including phenoxy) is 2. The maximum absolute atomic E-state index is 5.40. The highest BCUT2D eigenvalue weighted by Crippen LogP contribution is 2.18. The zero-order valence-electron chi connectivity index (χ0n) is 16.2. The van der Waals surface area contributed by atoms with Crippen molar-refractivity contribution >= 4 is 37.1 Å². The molecule has 0 aliphatic rings. The summed E-state index contributed by atoms with van der Waals surface area (Å²) < 4.78 is 10.8. The number of rotatable bonds is 7. The Morgan fingerprint density at radius 3 is 1.30 bits per heavy atom. The number of nitrogens with one attached hydrogen (secondary N) is 2. The Kier molecular flexibility index (Phi) is 13.7. The third kappa shape index (κ3) is 10.5. The fourth-order valence-corrected chi connectivity index (χ4v) is 2.13. The lowest BCUT2D eigenvalue weighted by atomic mass is 10.3. The summed E-state index contributed by atoms with van der Waals surface area (Å²) in [5, 5.41) is 6.80. The smallest absolute Gasteiger partial charge is 0.175 e. The van der Waals surface area contributed by atoms with Gasteiger partial charge in [0.1, 0.15) is 11.5 Å². The van der Waals surface area contributed by atoms with Crippen LogP contribution in [-0.2, 0) is 0 Å². The van der Waals surface area contributed by atoms with Crippen molar-refractivity contribution in [2.75, 3.05) is 23.8 Å². The van der Waals surface area contributed by atoms with Crippen molar-refractivity contribution < 1.29 is 9.47 Å². The Labute approximate surface area is 171 Å². The molecular weight excluding hydrogens is 355 g/mol. The number of unbranched alkanes of at least 4 members (excludes halogenated alkanes) is 1. The first-order valence-corrected chi connectivity index (χ1v) is 9.57. The van der Waals surface area contributed by atoms with Gasteiger partial charge in [-0.05, 0) is 74.6 Å². The fraction of sp³-hybridized carbons (Fsp3) is 0.381. The molecule has 27 heavy (non-hydrogen) atoms. The standard InChI is InChI=1S/C17H20N2O2S.C4H10.BH3/c1-3-20-15-9-5-13(6-10-15)18-17(22)19-14-7-11-16(12-8-14)21-4-2;1-3-4-2;/h5-12H,3-4H2,1-2H3,(H2,18,19,22);3-4H2,1-2H3;1H3. The van der Waals surface area contributed by atoms with E-state index < -0.39 is 0 Å². The van der Waals surface area contributed by atoms with Gasteiger partial charge in [0.05, 0.1) is 21.6 Å². The highest BCUT2D eigenvalue weighted by molar-refractivity contribution is 7.80. The first-order chi connectivity index (χ1) is 12.6. The van der Waals surface area contributed by atoms with Crippen molar-refractivity contribution in [3.05, 3.63) is 48.5 Å². The molecule has 2 N–H and O–H groups in total. The van der Waals surface area contributed by atoms with Crippen molar-refractivity contribution in [2.45, 2.75) is 40.5 Å². The van der Waals surface area contributed by atoms with E-state index in [9.17, 15) is 0 Å². The summed E-state index contributed by atoms with van der Waals surface area (Å²) in [6.45, 7) is 9.60. The van der Waals surface area contributed by atoms with Gasteiger partial charge in [0, 0.05) is 11.4 Å². The van der Waals surface area contributed by atoms with Crippen LogP contribution >= 0.6 is 12.2 Å². The first kappa shape index (κ1) is 24.8. The van der Waals surface area contributed by atoms with E-state index in [0.29, 0.717) is 18.3 Å². The number of anilines is 2. The molecule has 2 rings (SSSR count). The second kappa shape index (κ2) is 14.9. The van der Waals surface area contributed by atoms with Crippen molar-refractivity contribution in [2.24, 2.45) is 0 Å². The Hall–Kier alpha value is -2.21. The first-order valence-electron chi connectivity index (χ1n) is 9.16. The summed E-state index contributed by atoms with van der Waals surface area (Å²) in [6, 6.07) is 15.3. The van der Waals surface area contributed by atoms with Crippen LogP contribution in [0.5, 0.6) is 11.5 Å². The third-order valence-corrected chi connectivity index (χ3v) is 3.55. The molecule has 0 saturated carbocycles. The van der Waals surface area contributed by atoms with E-state index in [4.69, 9.17) is 21.7 Å². The molecule has 6 heteroatoms. The van der Waals surface area contributed by atoms with Gasteiger partial charge < -0.3 is 20.1 Å². The average Bonchev–Trinajstić information content (AvgIpc) is 2.65. The lowest BCUT2D eigenvalue weighted by Crippen LogP contribution is -2.18. The van der Waals surface area contributed by atoms with E-state index in [1.54, 1.807) is 0 Å². The minimum Gasteiger partial charge on any atom is -0.494 e. The highest BCUT2D eigenvalue weighted by Gasteiger charge is 2.00. The van der Waals surface area contributed by atoms with E-state index in [0.717, 1.165) is 22.9 Å². The summed E-state index contributed by atoms with van der Waals surface area (Å²) in [5.74, 6) is 1.69. The van der Waals surface area contributed by atoms with Crippen molar-refractivity contribution in [3.8, 4) is 11.5 Å². The van der Waals surface area contributed by atoms with Gasteiger partial charge >= 0.3 is 0 Å². The van der Waals surface area contributed by atoms with Gasteiger partial charge in [0.2, 0.25) is 0 Å². The summed E-state index contributed by atoms with van der Waals surface area (Å²) in [6.07, 6.45) is 2.64. The van der Waals surface area contributed by atoms with E-state index in [1.807, 2.05) is 62.4 Å². The Balaban J connectivity index is 0.00000123. The lowest BCUT2D eigenvalue weighted by Gasteiger charge is -2.12. The maximum Gasteiger partial charge on any atom is 0.175 e. The third-order valence-electron chi connectivity index (χ3n) is 3.35. The van der Waals surface area contributed by atoms with Crippen LogP contribution in [0.4, 0.5) is 11.4 Å². The predicted octanol–water partition coefficient (Wildman–Crippen LogP) is 4.92. The largest absolute Gasteiger partial charge is 0.494 e. The number of benzene rings is 2. The van der Waals surface area contributed by atoms with Crippen LogP contribution in [0, 0.1) is 0 Å². The molecule has 148 valence electrons. The SMILES string of the molecule is B.CCCC.CCOc1ccc(NC(=S)Nc2ccc(OCC)cc2)cc1. The normalized spacial score (nSPS) is 9.19. The van der Waals surface area contributed by atoms with Gasteiger partial charge in [-0.25, -0.2) is 0 Å². The molecule has 0 unspecified atom stereocenters. The van der Waals surface area contributed by atoms with Crippen LogP contribution < -0.4 is 20.1 Å². The fourth-order valence-electron chi connectivity index (χ4n) is 1.90. The Bertz CT molecular complexity index is 578. The van der Waals surface area contributed by atoms with Crippen LogP contribution in [0.3, 0.4) is 0 Å². The van der Waals surface area contributed by atoms with Gasteiger partial charge in [-0.15, -0.1) is 0 Å². The molecule has 0 spiro atoms. The molecule has 0 radical (unpaired) electrons. The Morgan fingerprint density at radius 2 is 1.04 bits per heavy atom. The van der Waals surface area contributed by atoms with E-state index in [1.165, 1.54) is 12.8 Å². The molecule has 0 aromatic heterocycles. The molecule has 0 saturated heterocycles. The zero-order valence-corrected chi connectivity index (χ0v) is 17.0. The number of hydrogen-bond acceptors (Lipinski definition) is 3. The summed E-state index contributed by atoms with van der Waals surface area (Å²) in [4.78, 5) is 0. The molecule has 0 aliphatic heterocycles. The van der Waals surface area contributed by atoms with Crippen LogP contribution in [0.2, 0.25) is 0 Å². The van der Waals surface area contributed by atoms with E-state index >= 15 is 0 Å². The summed E-state index contributed by atoms with van der Waals surface area (Å²) >= 11 is 5.30. The second-order valence-electron chi connectivity index (χ2n) is 5.49. The van der Waals surface area contributed by atoms with Crippen LogP contribution in [0.1, 0.15) is 40.5 Å². The molecule has 2 aromatic rings. The number of thiocarbonyl (C=S) groups is 1. The average molecular weight is 388 g/mol. The lowest BCUT2D eigenvalue weighted by molar-refractivity contribution is 0.340. The number of hydrogen-bond donors (Lipinski definition) is 2. The van der Waals surface area contributed by atoms with Gasteiger partial charge in [-0.1, -0.05) is 26.7 Å². The molecule has 0 amide bonds. The molecule has 0 heterocycles. The minimum absolute atomic E-state index is 0. The van der Waals surface area contributed by atoms with Gasteiger partial charge in [0.25, 0.3) is 0 Å². The molecule has 0 atom stereocenters. The highest BCUT2D eigenvalue weighted by atomic mass is 32.1. The minimum atomic E-state index is 0. The quantitative estimate of drug-likeness (QED) is 0.521. The van der Waals surface area contributed by atoms with Crippen molar-refractivity contribution in [3.63, 3.8) is 0 Å². The van der Waals surface area contributed by atoms with Crippen molar-refractivity contribution in [1.29, 1.82) is 0 Å². The maximum atomic E-state index is 5.40. The van der Waals surface area contributed by atoms with Gasteiger partial charge in [-0.2, -0.15) is 0 Å². The van der Waals surface area contributed by atoms with E-state index in [2.05, 4.69) is 24.5 Å². The summed E-state index contributed by atoms with van der Waals surface area (Å²) in [5.41, 5.74) is 1.82. The van der Waals surface area contributed by atoms with E-state index in [-0.39, 0.29) is 8.41 Å². The topological polar surface area (TPSA) is 42.5 Å². The molecule has 2 aromatic carbocycles. The molecule has 0 aliphatic carbocycles. The van der Waals surface area contributed by atoms with Crippen LogP contribution in [0.15, 0.2) is 48.5 Å². The Morgan fingerprint density at radius 1 is 0.704 bits per heavy atom. The van der Waals surface area contributed by atoms with Gasteiger partial charge in [0.15, 0.2) is 5.11 Å². The molecule has 0 bridgehead atoms. The molecular formula is C21H33BN2O2S. The molecule has 4 nitrogen and oxygen atoms in total. The molecule has 0 fully saturated rings. The second-order valence-corrected chi connectivity index (χ2v) is 5.90.